The van der Waals surface area contributed by atoms with Gasteiger partial charge in [0.1, 0.15) is 6.04 Å². The van der Waals surface area contributed by atoms with Crippen molar-refractivity contribution in [2.75, 3.05) is 6.61 Å². The van der Waals surface area contributed by atoms with Crippen LogP contribution in [-0.4, -0.2) is 18.6 Å². The average Bonchev–Trinajstić information content (AvgIpc) is 2.28. The Kier molecular flexibility index (Phi) is 7.23. The smallest absolute Gasteiger partial charge is 0.323 e. The van der Waals surface area contributed by atoms with Gasteiger partial charge < -0.3 is 10.5 Å². The van der Waals surface area contributed by atoms with Crippen LogP contribution < -0.4 is 5.73 Å². The zero-order valence-electron chi connectivity index (χ0n) is 14.7. The van der Waals surface area contributed by atoms with Crippen molar-refractivity contribution >= 4 is 5.97 Å². The van der Waals surface area contributed by atoms with E-state index < -0.39 is 6.04 Å². The minimum absolute atomic E-state index is 0.170. The number of nitrogens with two attached hydrogens (primary N) is 1. The minimum Gasteiger partial charge on any atom is -0.465 e. The lowest BCUT2D eigenvalue weighted by atomic mass is 9.65. The summed E-state index contributed by atoms with van der Waals surface area (Å²) >= 11 is 0. The van der Waals surface area contributed by atoms with Crippen molar-refractivity contribution in [1.29, 1.82) is 0 Å². The molecule has 2 unspecified atom stereocenters. The molecule has 120 valence electrons. The first-order chi connectivity index (χ1) is 8.91. The molecule has 2 atom stereocenters. The molecule has 0 amide bonds. The Morgan fingerprint density at radius 3 is 1.90 bits per heavy atom. The molecule has 0 fully saturated rings. The van der Waals surface area contributed by atoms with E-state index in [1.807, 2.05) is 13.8 Å². The van der Waals surface area contributed by atoms with Crippen molar-refractivity contribution < 1.29 is 9.53 Å². The van der Waals surface area contributed by atoms with E-state index in [1.54, 1.807) is 0 Å². The molecule has 0 aromatic carbocycles. The van der Waals surface area contributed by atoms with Gasteiger partial charge in [-0.3, -0.25) is 4.79 Å². The highest BCUT2D eigenvalue weighted by Gasteiger charge is 2.34. The summed E-state index contributed by atoms with van der Waals surface area (Å²) in [6.07, 6.45) is 1.77. The first kappa shape index (κ1) is 19.4. The average molecular weight is 285 g/mol. The molecule has 0 rings (SSSR count). The van der Waals surface area contributed by atoms with Crippen molar-refractivity contribution in [3.63, 3.8) is 0 Å². The van der Waals surface area contributed by atoms with Crippen LogP contribution in [0.25, 0.3) is 0 Å². The van der Waals surface area contributed by atoms with Crippen molar-refractivity contribution in [2.45, 2.75) is 74.3 Å². The van der Waals surface area contributed by atoms with Crippen LogP contribution in [0.1, 0.15) is 68.2 Å². The Hall–Kier alpha value is -0.570. The Bertz CT molecular complexity index is 285. The number of esters is 1. The van der Waals surface area contributed by atoms with Crippen LogP contribution in [-0.2, 0) is 9.53 Å². The third kappa shape index (κ3) is 6.25. The normalized spacial score (nSPS) is 16.1. The van der Waals surface area contributed by atoms with E-state index in [4.69, 9.17) is 10.5 Å². The van der Waals surface area contributed by atoms with E-state index in [2.05, 4.69) is 41.5 Å². The molecule has 0 aliphatic carbocycles. The number of carbonyl (C=O) groups excluding carboxylic acids is 1. The molecule has 0 saturated heterocycles. The number of carbonyl (C=O) groups is 1. The molecule has 2 N–H and O–H groups in total. The lowest BCUT2D eigenvalue weighted by Crippen LogP contribution is -2.39. The number of hydrogen-bond donors (Lipinski definition) is 1. The topological polar surface area (TPSA) is 52.3 Å². The van der Waals surface area contributed by atoms with Crippen molar-refractivity contribution in [3.05, 3.63) is 0 Å². The van der Waals surface area contributed by atoms with Gasteiger partial charge in [0.25, 0.3) is 0 Å². The summed E-state index contributed by atoms with van der Waals surface area (Å²) in [6.45, 7) is 18.0. The summed E-state index contributed by atoms with van der Waals surface area (Å²) < 4.78 is 5.38. The highest BCUT2D eigenvalue weighted by atomic mass is 16.5. The molecular weight excluding hydrogens is 250 g/mol. The van der Waals surface area contributed by atoms with E-state index in [-0.39, 0.29) is 22.7 Å². The van der Waals surface area contributed by atoms with Gasteiger partial charge in [0.2, 0.25) is 0 Å². The molecule has 0 radical (unpaired) electrons. The summed E-state index contributed by atoms with van der Waals surface area (Å²) in [7, 11) is 0. The van der Waals surface area contributed by atoms with Gasteiger partial charge in [-0.05, 0) is 29.1 Å². The van der Waals surface area contributed by atoms with Gasteiger partial charge in [-0.2, -0.15) is 0 Å². The maximum absolute atomic E-state index is 11.9. The Labute approximate surface area is 125 Å². The molecule has 3 heteroatoms. The summed E-state index contributed by atoms with van der Waals surface area (Å²) in [5.41, 5.74) is 6.28. The number of ether oxygens (including phenoxy) is 1. The molecule has 0 heterocycles. The molecule has 0 bridgehead atoms. The third-order valence-electron chi connectivity index (χ3n) is 4.27. The fourth-order valence-corrected chi connectivity index (χ4v) is 3.02. The van der Waals surface area contributed by atoms with Gasteiger partial charge in [0.05, 0.1) is 6.61 Å². The molecule has 0 aromatic rings. The molecule has 0 spiro atoms. The van der Waals surface area contributed by atoms with Crippen LogP contribution in [0.4, 0.5) is 0 Å². The third-order valence-corrected chi connectivity index (χ3v) is 4.27. The van der Waals surface area contributed by atoms with Gasteiger partial charge >= 0.3 is 5.97 Å². The summed E-state index contributed by atoms with van der Waals surface area (Å²) in [4.78, 5) is 11.9. The Morgan fingerprint density at radius 2 is 1.55 bits per heavy atom. The number of rotatable bonds is 6. The molecule has 0 aliphatic heterocycles. The van der Waals surface area contributed by atoms with Gasteiger partial charge in [-0.15, -0.1) is 0 Å². The molecular formula is C17H35NO2. The minimum atomic E-state index is -0.497. The van der Waals surface area contributed by atoms with Crippen LogP contribution in [0.3, 0.4) is 0 Å². The standard InChI is InChI=1S/C17H35NO2/c1-9-12(2)14(18)15(19)20-11-10-13(16(3,4)5)17(6,7)8/h12-14H,9-11,18H2,1-8H3. The lowest BCUT2D eigenvalue weighted by molar-refractivity contribution is -0.147. The quantitative estimate of drug-likeness (QED) is 0.750. The van der Waals surface area contributed by atoms with Gasteiger partial charge in [0, 0.05) is 0 Å². The molecule has 0 aliphatic rings. The summed E-state index contributed by atoms with van der Waals surface area (Å²) in [6, 6.07) is -0.497. The van der Waals surface area contributed by atoms with Crippen molar-refractivity contribution in [2.24, 2.45) is 28.4 Å². The van der Waals surface area contributed by atoms with Crippen LogP contribution >= 0.6 is 0 Å². The molecule has 3 nitrogen and oxygen atoms in total. The van der Waals surface area contributed by atoms with E-state index in [1.165, 1.54) is 0 Å². The van der Waals surface area contributed by atoms with Gasteiger partial charge in [-0.25, -0.2) is 0 Å². The van der Waals surface area contributed by atoms with Crippen LogP contribution in [0.15, 0.2) is 0 Å². The Balaban J connectivity index is 4.43. The molecule has 0 aromatic heterocycles. The summed E-state index contributed by atoms with van der Waals surface area (Å²) in [5.74, 6) is 0.395. The van der Waals surface area contributed by atoms with Crippen molar-refractivity contribution in [1.82, 2.24) is 0 Å². The largest absolute Gasteiger partial charge is 0.465 e. The van der Waals surface area contributed by atoms with E-state index in [0.29, 0.717) is 12.5 Å². The fourth-order valence-electron chi connectivity index (χ4n) is 3.02. The zero-order chi connectivity index (χ0) is 16.1. The summed E-state index contributed by atoms with van der Waals surface area (Å²) in [5, 5.41) is 0. The van der Waals surface area contributed by atoms with Gasteiger partial charge in [0.15, 0.2) is 0 Å². The second kappa shape index (κ2) is 7.44. The first-order valence-corrected chi connectivity index (χ1v) is 7.83. The van der Waals surface area contributed by atoms with Crippen LogP contribution in [0.2, 0.25) is 0 Å². The van der Waals surface area contributed by atoms with Crippen molar-refractivity contribution in [3.8, 4) is 0 Å². The zero-order valence-corrected chi connectivity index (χ0v) is 14.7. The molecule has 20 heavy (non-hydrogen) atoms. The van der Waals surface area contributed by atoms with E-state index in [9.17, 15) is 4.79 Å². The van der Waals surface area contributed by atoms with E-state index >= 15 is 0 Å². The maximum atomic E-state index is 11.9. The Morgan fingerprint density at radius 1 is 1.10 bits per heavy atom. The SMILES string of the molecule is CCC(C)C(N)C(=O)OCCC(C(C)(C)C)C(C)(C)C. The predicted octanol–water partition coefficient (Wildman–Crippen LogP) is 4.00. The van der Waals surface area contributed by atoms with Gasteiger partial charge in [-0.1, -0.05) is 61.8 Å². The number of hydrogen-bond acceptors (Lipinski definition) is 3. The fraction of sp³-hybridized carbons (Fsp3) is 0.941. The first-order valence-electron chi connectivity index (χ1n) is 7.83. The predicted molar refractivity (Wildman–Crippen MR) is 85.4 cm³/mol. The highest BCUT2D eigenvalue weighted by molar-refractivity contribution is 5.75. The highest BCUT2D eigenvalue weighted by Crippen LogP contribution is 2.41. The second-order valence-electron chi connectivity index (χ2n) is 8.15. The molecule has 0 saturated carbocycles. The lowest BCUT2D eigenvalue weighted by Gasteiger charge is -2.40. The maximum Gasteiger partial charge on any atom is 0.323 e. The monoisotopic (exact) mass is 285 g/mol. The van der Waals surface area contributed by atoms with Crippen LogP contribution in [0, 0.1) is 22.7 Å². The second-order valence-corrected chi connectivity index (χ2v) is 8.15. The van der Waals surface area contributed by atoms with E-state index in [0.717, 1.165) is 12.8 Å². The van der Waals surface area contributed by atoms with Crippen LogP contribution in [0.5, 0.6) is 0 Å².